The number of hydrogen-bond acceptors (Lipinski definition) is 4. The van der Waals surface area contributed by atoms with Gasteiger partial charge in [-0.1, -0.05) is 26.0 Å². The van der Waals surface area contributed by atoms with Gasteiger partial charge in [-0.05, 0) is 24.3 Å². The van der Waals surface area contributed by atoms with Gasteiger partial charge in [0.1, 0.15) is 10.6 Å². The molecule has 1 aromatic carbocycles. The summed E-state index contributed by atoms with van der Waals surface area (Å²) >= 11 is 0. The second-order valence-electron chi connectivity index (χ2n) is 6.27. The quantitative estimate of drug-likeness (QED) is 0.636. The average Bonchev–Trinajstić information content (AvgIpc) is 3.33. The molecule has 0 bridgehead atoms. The van der Waals surface area contributed by atoms with Crippen molar-refractivity contribution in [2.24, 2.45) is 7.05 Å². The molecule has 0 atom stereocenters. The summed E-state index contributed by atoms with van der Waals surface area (Å²) in [6.45, 7) is 4.31. The third-order valence-corrected chi connectivity index (χ3v) is 6.50. The molecule has 0 aliphatic carbocycles. The van der Waals surface area contributed by atoms with Gasteiger partial charge in [0.25, 0.3) is 5.91 Å². The van der Waals surface area contributed by atoms with Crippen LogP contribution in [0.1, 0.15) is 24.3 Å². The van der Waals surface area contributed by atoms with Gasteiger partial charge < -0.3 is 9.88 Å². The zero-order valence-electron chi connectivity index (χ0n) is 16.0. The highest BCUT2D eigenvalue weighted by atomic mass is 32.2. The molecule has 3 aromatic rings. The molecule has 1 amide bonds. The number of amides is 1. The molecule has 9 heteroatoms. The van der Waals surface area contributed by atoms with E-state index in [1.54, 1.807) is 33.2 Å². The zero-order chi connectivity index (χ0) is 20.3. The zero-order valence-corrected chi connectivity index (χ0v) is 16.8. The maximum Gasteiger partial charge on any atom is 0.272 e. The summed E-state index contributed by atoms with van der Waals surface area (Å²) in [5, 5.41) is 9.62. The second-order valence-corrected chi connectivity index (χ2v) is 8.20. The molecule has 0 radical (unpaired) electrons. The number of H-pyrrole nitrogens is 1. The molecular weight excluding hydrogens is 378 g/mol. The lowest BCUT2D eigenvalue weighted by atomic mass is 10.1. The Morgan fingerprint density at radius 2 is 1.96 bits per heavy atom. The summed E-state index contributed by atoms with van der Waals surface area (Å²) in [5.74, 6) is -0.384. The van der Waals surface area contributed by atoms with E-state index in [-0.39, 0.29) is 16.5 Å². The van der Waals surface area contributed by atoms with E-state index in [4.69, 9.17) is 0 Å². The minimum atomic E-state index is -3.62. The van der Waals surface area contributed by atoms with Crippen LogP contribution >= 0.6 is 0 Å². The minimum absolute atomic E-state index is 0.107. The summed E-state index contributed by atoms with van der Waals surface area (Å²) in [5.41, 5.74) is 2.58. The Morgan fingerprint density at radius 3 is 2.61 bits per heavy atom. The van der Waals surface area contributed by atoms with Gasteiger partial charge in [0.2, 0.25) is 10.0 Å². The van der Waals surface area contributed by atoms with E-state index >= 15 is 0 Å². The van der Waals surface area contributed by atoms with Crippen molar-refractivity contribution in [3.05, 3.63) is 54.5 Å². The maximum atomic E-state index is 12.7. The Hall–Kier alpha value is -2.91. The number of aryl methyl sites for hydroxylation is 1. The lowest BCUT2D eigenvalue weighted by Crippen LogP contribution is -2.30. The van der Waals surface area contributed by atoms with E-state index in [1.165, 1.54) is 21.1 Å². The number of nitrogens with one attached hydrogen (secondary N) is 2. The van der Waals surface area contributed by atoms with Gasteiger partial charge in [-0.2, -0.15) is 9.40 Å². The molecule has 0 unspecified atom stereocenters. The van der Waals surface area contributed by atoms with Crippen molar-refractivity contribution in [2.45, 2.75) is 18.7 Å². The fraction of sp³-hybridized carbons (Fsp3) is 0.263. The Kier molecular flexibility index (Phi) is 5.66. The van der Waals surface area contributed by atoms with Crippen LogP contribution in [0.4, 0.5) is 5.69 Å². The molecule has 2 heterocycles. The number of carbonyl (C=O) groups excluding carboxylic acids is 1. The molecule has 2 N–H and O–H groups in total. The van der Waals surface area contributed by atoms with Crippen molar-refractivity contribution < 1.29 is 13.2 Å². The standard InChI is InChI=1S/C19H23N5O3S/c1-4-24(5-2)28(26,27)16-12-18(23(3)13-16)19(25)21-15-8-6-7-14(11-15)17-9-10-20-22-17/h6-13H,4-5H2,1-3H3,(H,20,22)(H,21,25). The van der Waals surface area contributed by atoms with Crippen LogP contribution < -0.4 is 5.32 Å². The molecule has 0 fully saturated rings. The molecule has 0 spiro atoms. The van der Waals surface area contributed by atoms with Crippen molar-refractivity contribution in [1.29, 1.82) is 0 Å². The van der Waals surface area contributed by atoms with Crippen molar-refractivity contribution >= 4 is 21.6 Å². The van der Waals surface area contributed by atoms with Gasteiger partial charge in [-0.15, -0.1) is 0 Å². The molecule has 0 saturated heterocycles. The van der Waals surface area contributed by atoms with Crippen LogP contribution in [0.3, 0.4) is 0 Å². The van der Waals surface area contributed by atoms with Crippen LogP contribution in [-0.4, -0.2) is 46.5 Å². The van der Waals surface area contributed by atoms with Crippen LogP contribution in [-0.2, 0) is 17.1 Å². The van der Waals surface area contributed by atoms with Gasteiger partial charge in [-0.3, -0.25) is 9.89 Å². The number of aromatic amines is 1. The van der Waals surface area contributed by atoms with Gasteiger partial charge in [0.15, 0.2) is 0 Å². The molecule has 3 rings (SSSR count). The molecule has 2 aromatic heterocycles. The van der Waals surface area contributed by atoms with Crippen LogP contribution in [0.15, 0.2) is 53.7 Å². The van der Waals surface area contributed by atoms with E-state index in [2.05, 4.69) is 15.5 Å². The first-order valence-electron chi connectivity index (χ1n) is 8.94. The summed E-state index contributed by atoms with van der Waals surface area (Å²) in [4.78, 5) is 12.8. The van der Waals surface area contributed by atoms with E-state index < -0.39 is 10.0 Å². The van der Waals surface area contributed by atoms with Crippen LogP contribution in [0.25, 0.3) is 11.3 Å². The summed E-state index contributed by atoms with van der Waals surface area (Å²) in [6, 6.07) is 10.6. The van der Waals surface area contributed by atoms with Gasteiger partial charge >= 0.3 is 0 Å². The second kappa shape index (κ2) is 7.99. The summed E-state index contributed by atoms with van der Waals surface area (Å²) in [7, 11) is -1.97. The highest BCUT2D eigenvalue weighted by Gasteiger charge is 2.25. The first-order chi connectivity index (χ1) is 13.4. The fourth-order valence-corrected chi connectivity index (χ4v) is 4.52. The average molecular weight is 401 g/mol. The van der Waals surface area contributed by atoms with E-state index in [9.17, 15) is 13.2 Å². The molecule has 0 aliphatic rings. The summed E-state index contributed by atoms with van der Waals surface area (Å²) < 4.78 is 28.3. The highest BCUT2D eigenvalue weighted by Crippen LogP contribution is 2.22. The number of aromatic nitrogens is 3. The predicted molar refractivity (Wildman–Crippen MR) is 107 cm³/mol. The Morgan fingerprint density at radius 1 is 1.21 bits per heavy atom. The number of carbonyl (C=O) groups is 1. The van der Waals surface area contributed by atoms with Gasteiger partial charge in [0.05, 0.1) is 5.69 Å². The Labute approximate surface area is 164 Å². The number of anilines is 1. The third-order valence-electron chi connectivity index (χ3n) is 4.49. The minimum Gasteiger partial charge on any atom is -0.345 e. The smallest absolute Gasteiger partial charge is 0.272 e. The molecule has 148 valence electrons. The lowest BCUT2D eigenvalue weighted by Gasteiger charge is -2.17. The largest absolute Gasteiger partial charge is 0.345 e. The topological polar surface area (TPSA) is 100 Å². The highest BCUT2D eigenvalue weighted by molar-refractivity contribution is 7.89. The van der Waals surface area contributed by atoms with Crippen molar-refractivity contribution in [2.75, 3.05) is 18.4 Å². The lowest BCUT2D eigenvalue weighted by molar-refractivity contribution is 0.101. The Balaban J connectivity index is 1.85. The monoisotopic (exact) mass is 401 g/mol. The fourth-order valence-electron chi connectivity index (χ4n) is 2.99. The summed E-state index contributed by atoms with van der Waals surface area (Å²) in [6.07, 6.45) is 3.12. The Bertz CT molecular complexity index is 1070. The van der Waals surface area contributed by atoms with Gasteiger partial charge in [-0.25, -0.2) is 8.42 Å². The van der Waals surface area contributed by atoms with Crippen LogP contribution in [0.2, 0.25) is 0 Å². The maximum absolute atomic E-state index is 12.7. The number of hydrogen-bond donors (Lipinski definition) is 2. The normalized spacial score (nSPS) is 11.7. The predicted octanol–water partition coefficient (Wildman–Crippen LogP) is 2.70. The van der Waals surface area contributed by atoms with Crippen molar-refractivity contribution in [1.82, 2.24) is 19.1 Å². The first-order valence-corrected chi connectivity index (χ1v) is 10.4. The third kappa shape index (κ3) is 3.85. The van der Waals surface area contributed by atoms with Crippen LogP contribution in [0, 0.1) is 0 Å². The number of rotatable bonds is 7. The van der Waals surface area contributed by atoms with Crippen molar-refractivity contribution in [3.63, 3.8) is 0 Å². The number of benzene rings is 1. The van der Waals surface area contributed by atoms with Crippen molar-refractivity contribution in [3.8, 4) is 11.3 Å². The first kappa shape index (κ1) is 19.8. The van der Waals surface area contributed by atoms with E-state index in [0.717, 1.165) is 11.3 Å². The number of sulfonamides is 1. The van der Waals surface area contributed by atoms with E-state index in [0.29, 0.717) is 18.8 Å². The van der Waals surface area contributed by atoms with E-state index in [1.807, 2.05) is 24.3 Å². The molecule has 28 heavy (non-hydrogen) atoms. The SMILES string of the molecule is CCN(CC)S(=O)(=O)c1cc(C(=O)Nc2cccc(-c3ccn[nH]3)c2)n(C)c1. The molecule has 0 saturated carbocycles. The molecule has 0 aliphatic heterocycles. The number of nitrogens with zero attached hydrogens (tertiary/aromatic N) is 3. The van der Waals surface area contributed by atoms with Gasteiger partial charge in [0, 0.05) is 43.8 Å². The van der Waals surface area contributed by atoms with Crippen LogP contribution in [0.5, 0.6) is 0 Å². The molecular formula is C19H23N5O3S. The molecule has 8 nitrogen and oxygen atoms in total.